The molecule has 0 saturated carbocycles. The van der Waals surface area contributed by atoms with E-state index in [0.717, 1.165) is 5.75 Å². The Hall–Kier alpha value is 0.229. The number of hydrogen-bond donors (Lipinski definition) is 0. The van der Waals surface area contributed by atoms with E-state index in [1.807, 2.05) is 11.8 Å². The second kappa shape index (κ2) is 6.84. The second-order valence-corrected chi connectivity index (χ2v) is 6.64. The van der Waals surface area contributed by atoms with Gasteiger partial charge < -0.3 is 24.0 Å². The first-order valence-corrected chi connectivity index (χ1v) is 7.75. The fraction of sp³-hybridized carbons (Fsp3) is 0.250. The van der Waals surface area contributed by atoms with Crippen LogP contribution in [0, 0.1) is 0 Å². The van der Waals surface area contributed by atoms with Crippen LogP contribution in [0.2, 0.25) is 0 Å². The summed E-state index contributed by atoms with van der Waals surface area (Å²) in [5.74, 6) is 1.15. The minimum atomic E-state index is 0. The minimum Gasteiger partial charge on any atom is -1.00 e. The summed E-state index contributed by atoms with van der Waals surface area (Å²) in [6.07, 6.45) is 2.26. The predicted molar refractivity (Wildman–Crippen MR) is 69.2 cm³/mol. The smallest absolute Gasteiger partial charge is 1.00 e. The molecular formula is C12H14INSSe. The first kappa shape index (κ1) is 14.3. The van der Waals surface area contributed by atoms with E-state index in [4.69, 9.17) is 0 Å². The predicted octanol–water partition coefficient (Wildman–Crippen LogP) is -0.551. The Morgan fingerprint density at radius 1 is 1.38 bits per heavy atom. The summed E-state index contributed by atoms with van der Waals surface area (Å²) in [5, 5.41) is 2.21. The van der Waals surface area contributed by atoms with Crippen LogP contribution in [-0.2, 0) is 7.05 Å². The van der Waals surface area contributed by atoms with Gasteiger partial charge in [0.15, 0.2) is 0 Å². The first-order valence-electron chi connectivity index (χ1n) is 4.98. The second-order valence-electron chi connectivity index (χ2n) is 3.23. The molecule has 0 spiro atoms. The van der Waals surface area contributed by atoms with E-state index >= 15 is 0 Å². The average molecular weight is 410 g/mol. The molecule has 0 N–H and O–H groups in total. The van der Waals surface area contributed by atoms with Crippen molar-refractivity contribution >= 4 is 42.1 Å². The molecule has 0 radical (unpaired) electrons. The van der Waals surface area contributed by atoms with E-state index < -0.39 is 0 Å². The molecule has 0 bridgehead atoms. The summed E-state index contributed by atoms with van der Waals surface area (Å²) in [6.45, 7) is 2.18. The van der Waals surface area contributed by atoms with Crippen molar-refractivity contribution in [3.05, 3.63) is 34.2 Å². The number of fused-ring (bicyclic) bond motifs is 1. The average Bonchev–Trinajstić information content (AvgIpc) is 2.57. The third-order valence-electron chi connectivity index (χ3n) is 2.25. The molecule has 16 heavy (non-hydrogen) atoms. The molecule has 0 aliphatic carbocycles. The number of para-hydroxylation sites is 1. The van der Waals surface area contributed by atoms with E-state index in [1.54, 1.807) is 0 Å². The van der Waals surface area contributed by atoms with E-state index in [-0.39, 0.29) is 24.0 Å². The number of aromatic nitrogens is 1. The number of thioether (sulfide) groups is 1. The molecule has 1 heterocycles. The quantitative estimate of drug-likeness (QED) is 0.373. The number of benzene rings is 1. The fourth-order valence-corrected chi connectivity index (χ4v) is 4.29. The molecule has 1 aromatic carbocycles. The van der Waals surface area contributed by atoms with Crippen LogP contribution in [0.3, 0.4) is 0 Å². The monoisotopic (exact) mass is 411 g/mol. The summed E-state index contributed by atoms with van der Waals surface area (Å²) in [4.78, 5) is 0. The van der Waals surface area contributed by atoms with Crippen molar-refractivity contribution in [1.29, 1.82) is 0 Å². The molecule has 0 aliphatic rings. The van der Waals surface area contributed by atoms with Crippen molar-refractivity contribution in [3.63, 3.8) is 0 Å². The molecule has 0 fully saturated rings. The van der Waals surface area contributed by atoms with Gasteiger partial charge >= 0.3 is 101 Å². The molecule has 0 aliphatic heterocycles. The number of nitrogens with zero attached hydrogens (tertiary/aromatic N) is 1. The standard InChI is InChI=1S/C12H14NSSe.HI/c1-3-14-9-8-12-13(2)10-6-4-5-7-11(10)15-12;/h4-9H,3H2,1-2H3;1H/q+1;/p-1. The maximum Gasteiger partial charge on any atom is -1.00 e. The van der Waals surface area contributed by atoms with Crippen LogP contribution >= 0.6 is 11.8 Å². The third-order valence-corrected chi connectivity index (χ3v) is 5.39. The maximum atomic E-state index is 2.31. The molecule has 2 rings (SSSR count). The Kier molecular flexibility index (Phi) is 6.11. The van der Waals surface area contributed by atoms with Gasteiger partial charge in [0.05, 0.1) is 0 Å². The summed E-state index contributed by atoms with van der Waals surface area (Å²) < 4.78 is 5.25. The number of hydrogen-bond acceptors (Lipinski definition) is 1. The van der Waals surface area contributed by atoms with Gasteiger partial charge in [-0.05, 0) is 0 Å². The normalized spacial score (nSPS) is 10.9. The summed E-state index contributed by atoms with van der Waals surface area (Å²) >= 11 is 2.34. The van der Waals surface area contributed by atoms with Crippen molar-refractivity contribution in [2.45, 2.75) is 6.92 Å². The van der Waals surface area contributed by atoms with Crippen LogP contribution in [0.4, 0.5) is 0 Å². The van der Waals surface area contributed by atoms with Gasteiger partial charge in [-0.3, -0.25) is 0 Å². The number of rotatable bonds is 3. The van der Waals surface area contributed by atoms with Crippen molar-refractivity contribution in [2.24, 2.45) is 7.05 Å². The molecule has 0 unspecified atom stereocenters. The largest absolute Gasteiger partial charge is 1.00 e. The molecule has 1 aromatic heterocycles. The fourth-order valence-electron chi connectivity index (χ4n) is 1.47. The molecule has 0 atom stereocenters. The zero-order valence-corrected chi connectivity index (χ0v) is 14.0. The maximum absolute atomic E-state index is 2.31. The van der Waals surface area contributed by atoms with Gasteiger partial charge in [0, 0.05) is 0 Å². The minimum absolute atomic E-state index is 0. The van der Waals surface area contributed by atoms with E-state index in [2.05, 4.69) is 54.3 Å². The Bertz CT molecular complexity index is 493. The zero-order valence-electron chi connectivity index (χ0n) is 9.31. The summed E-state index contributed by atoms with van der Waals surface area (Å²) in [5.41, 5.74) is 1.37. The SMILES string of the molecule is CCSC=Cc1[se]c2ccccc2[n+]1C.[I-]. The van der Waals surface area contributed by atoms with Gasteiger partial charge in [0.2, 0.25) is 0 Å². The van der Waals surface area contributed by atoms with Gasteiger partial charge in [-0.2, -0.15) is 0 Å². The van der Waals surface area contributed by atoms with Crippen molar-refractivity contribution in [3.8, 4) is 0 Å². The van der Waals surface area contributed by atoms with Gasteiger partial charge in [0.1, 0.15) is 0 Å². The topological polar surface area (TPSA) is 3.88 Å². The molecule has 4 heteroatoms. The van der Waals surface area contributed by atoms with Gasteiger partial charge in [0.25, 0.3) is 0 Å². The van der Waals surface area contributed by atoms with Crippen molar-refractivity contribution < 1.29 is 28.5 Å². The van der Waals surface area contributed by atoms with Crippen LogP contribution < -0.4 is 28.5 Å². The van der Waals surface area contributed by atoms with Crippen LogP contribution in [0.1, 0.15) is 11.5 Å². The van der Waals surface area contributed by atoms with Crippen LogP contribution in [0.5, 0.6) is 0 Å². The van der Waals surface area contributed by atoms with Crippen LogP contribution in [-0.4, -0.2) is 20.3 Å². The van der Waals surface area contributed by atoms with E-state index in [0.29, 0.717) is 14.5 Å². The number of halogens is 1. The van der Waals surface area contributed by atoms with E-state index in [9.17, 15) is 0 Å². The van der Waals surface area contributed by atoms with Crippen LogP contribution in [0.15, 0.2) is 29.7 Å². The van der Waals surface area contributed by atoms with Crippen LogP contribution in [0.25, 0.3) is 15.9 Å². The Balaban J connectivity index is 0.00000128. The molecule has 2 aromatic rings. The van der Waals surface area contributed by atoms with Gasteiger partial charge in [-0.15, -0.1) is 0 Å². The summed E-state index contributed by atoms with van der Waals surface area (Å²) in [6, 6.07) is 8.67. The molecule has 0 saturated heterocycles. The Labute approximate surface area is 124 Å². The van der Waals surface area contributed by atoms with Gasteiger partial charge in [-0.25, -0.2) is 0 Å². The van der Waals surface area contributed by atoms with E-state index in [1.165, 1.54) is 14.3 Å². The number of aryl methyl sites for hydroxylation is 1. The van der Waals surface area contributed by atoms with Crippen molar-refractivity contribution in [2.75, 3.05) is 5.75 Å². The first-order chi connectivity index (χ1) is 7.33. The molecule has 0 amide bonds. The molecule has 1 nitrogen and oxygen atoms in total. The molecular weight excluding hydrogens is 396 g/mol. The summed E-state index contributed by atoms with van der Waals surface area (Å²) in [7, 11) is 2.16. The zero-order chi connectivity index (χ0) is 10.7. The molecule has 86 valence electrons. The Morgan fingerprint density at radius 2 is 2.12 bits per heavy atom. The Morgan fingerprint density at radius 3 is 2.81 bits per heavy atom. The van der Waals surface area contributed by atoms with Gasteiger partial charge in [-0.1, -0.05) is 0 Å². The third kappa shape index (κ3) is 3.13. The van der Waals surface area contributed by atoms with Crippen molar-refractivity contribution in [1.82, 2.24) is 0 Å².